The van der Waals surface area contributed by atoms with Crippen molar-refractivity contribution in [3.63, 3.8) is 0 Å². The second kappa shape index (κ2) is 8.12. The Morgan fingerprint density at radius 3 is 2.70 bits per heavy atom. The van der Waals surface area contributed by atoms with Crippen molar-refractivity contribution >= 4 is 0 Å². The van der Waals surface area contributed by atoms with Crippen LogP contribution in [0.2, 0.25) is 0 Å². The zero-order chi connectivity index (χ0) is 16.9. The van der Waals surface area contributed by atoms with E-state index in [1.165, 1.54) is 12.4 Å². The quantitative estimate of drug-likeness (QED) is 0.796. The highest BCUT2D eigenvalue weighted by Gasteiger charge is 2.28. The number of imidazole rings is 1. The molecule has 0 spiro atoms. The van der Waals surface area contributed by atoms with Crippen LogP contribution in [0.1, 0.15) is 25.6 Å². The van der Waals surface area contributed by atoms with E-state index in [9.17, 15) is 18.3 Å². The maximum absolute atomic E-state index is 12.4. The Morgan fingerprint density at radius 1 is 1.39 bits per heavy atom. The molecule has 0 aromatic carbocycles. The van der Waals surface area contributed by atoms with Crippen molar-refractivity contribution in [2.45, 2.75) is 45.1 Å². The van der Waals surface area contributed by atoms with Crippen molar-refractivity contribution in [3.05, 3.63) is 18.2 Å². The molecule has 1 saturated heterocycles. The number of aromatic nitrogens is 2. The number of alkyl halides is 3. The molecule has 0 bridgehead atoms. The summed E-state index contributed by atoms with van der Waals surface area (Å²) >= 11 is 0. The standard InChI is InChI=1S/C15H25F3N4O/c1-12(23)10-21-5-2-13(3-6-21)8-19-9-14-20-4-7-22(14)11-15(16,17)18/h4,7,12-13,19,23H,2-3,5-6,8-11H2,1H3. The van der Waals surface area contributed by atoms with E-state index in [1.54, 1.807) is 6.92 Å². The summed E-state index contributed by atoms with van der Waals surface area (Å²) in [6, 6.07) is 0. The Balaban J connectivity index is 1.69. The van der Waals surface area contributed by atoms with Gasteiger partial charge in [-0.1, -0.05) is 0 Å². The Bertz CT molecular complexity index is 468. The average molecular weight is 334 g/mol. The van der Waals surface area contributed by atoms with E-state index in [0.717, 1.165) is 37.0 Å². The summed E-state index contributed by atoms with van der Waals surface area (Å²) in [5.74, 6) is 0.931. The summed E-state index contributed by atoms with van der Waals surface area (Å²) in [7, 11) is 0. The fourth-order valence-corrected chi connectivity index (χ4v) is 2.98. The molecule has 1 atom stereocenters. The highest BCUT2D eigenvalue weighted by atomic mass is 19.4. The minimum absolute atomic E-state index is 0.308. The van der Waals surface area contributed by atoms with Crippen LogP contribution in [0, 0.1) is 5.92 Å². The molecule has 1 aliphatic rings. The molecule has 2 heterocycles. The fraction of sp³-hybridized carbons (Fsp3) is 0.800. The van der Waals surface area contributed by atoms with Gasteiger partial charge in [-0.3, -0.25) is 0 Å². The number of nitrogens with zero attached hydrogens (tertiary/aromatic N) is 3. The van der Waals surface area contributed by atoms with Crippen LogP contribution >= 0.6 is 0 Å². The molecule has 0 aliphatic carbocycles. The van der Waals surface area contributed by atoms with Crippen LogP contribution in [0.15, 0.2) is 12.4 Å². The Hall–Kier alpha value is -1.12. The molecule has 2 N–H and O–H groups in total. The number of hydrogen-bond acceptors (Lipinski definition) is 4. The summed E-state index contributed by atoms with van der Waals surface area (Å²) in [6.45, 7) is 4.53. The zero-order valence-corrected chi connectivity index (χ0v) is 13.4. The van der Waals surface area contributed by atoms with E-state index >= 15 is 0 Å². The van der Waals surface area contributed by atoms with Crippen molar-refractivity contribution < 1.29 is 18.3 Å². The number of β-amino-alcohol motifs (C(OH)–C–C–N with tert-alkyl or cyclic N) is 1. The van der Waals surface area contributed by atoms with E-state index in [-0.39, 0.29) is 6.10 Å². The third-order valence-electron chi connectivity index (χ3n) is 4.10. The lowest BCUT2D eigenvalue weighted by Gasteiger charge is -2.32. The van der Waals surface area contributed by atoms with Gasteiger partial charge in [-0.15, -0.1) is 0 Å². The maximum atomic E-state index is 12.4. The van der Waals surface area contributed by atoms with Crippen LogP contribution < -0.4 is 5.32 Å². The van der Waals surface area contributed by atoms with Crippen LogP contribution in [0.4, 0.5) is 13.2 Å². The first-order valence-electron chi connectivity index (χ1n) is 8.01. The normalized spacial score (nSPS) is 19.2. The first-order chi connectivity index (χ1) is 10.8. The molecule has 8 heteroatoms. The van der Waals surface area contributed by atoms with Gasteiger partial charge < -0.3 is 19.9 Å². The van der Waals surface area contributed by atoms with Gasteiger partial charge in [0.15, 0.2) is 0 Å². The predicted molar refractivity (Wildman–Crippen MR) is 80.8 cm³/mol. The fourth-order valence-electron chi connectivity index (χ4n) is 2.98. The third-order valence-corrected chi connectivity index (χ3v) is 4.10. The third kappa shape index (κ3) is 6.48. The topological polar surface area (TPSA) is 53.3 Å². The first kappa shape index (κ1) is 18.2. The molecule has 2 rings (SSSR count). The van der Waals surface area contributed by atoms with Crippen LogP contribution in [-0.4, -0.2) is 58.0 Å². The lowest BCUT2D eigenvalue weighted by atomic mass is 9.96. The summed E-state index contributed by atoms with van der Waals surface area (Å²) in [4.78, 5) is 6.24. The molecular formula is C15H25F3N4O. The molecule has 0 radical (unpaired) electrons. The number of hydrogen-bond donors (Lipinski definition) is 2. The van der Waals surface area contributed by atoms with E-state index in [2.05, 4.69) is 15.2 Å². The summed E-state index contributed by atoms with van der Waals surface area (Å²) in [6.07, 6.45) is 0.299. The van der Waals surface area contributed by atoms with Gasteiger partial charge in [-0.05, 0) is 45.3 Å². The number of nitrogens with one attached hydrogen (secondary N) is 1. The smallest absolute Gasteiger partial charge is 0.392 e. The van der Waals surface area contributed by atoms with E-state index < -0.39 is 12.7 Å². The second-order valence-corrected chi connectivity index (χ2v) is 6.31. The number of rotatable bonds is 7. The van der Waals surface area contributed by atoms with Crippen LogP contribution in [0.3, 0.4) is 0 Å². The molecule has 5 nitrogen and oxygen atoms in total. The van der Waals surface area contributed by atoms with Gasteiger partial charge in [0.05, 0.1) is 12.6 Å². The number of likely N-dealkylation sites (tertiary alicyclic amines) is 1. The molecule has 1 fully saturated rings. The Morgan fingerprint density at radius 2 is 2.09 bits per heavy atom. The van der Waals surface area contributed by atoms with Gasteiger partial charge >= 0.3 is 6.18 Å². The SMILES string of the molecule is CC(O)CN1CCC(CNCc2nccn2CC(F)(F)F)CC1. The van der Waals surface area contributed by atoms with E-state index in [1.807, 2.05) is 0 Å². The minimum Gasteiger partial charge on any atom is -0.392 e. The second-order valence-electron chi connectivity index (χ2n) is 6.31. The van der Waals surface area contributed by atoms with Crippen LogP contribution in [0.25, 0.3) is 0 Å². The van der Waals surface area contributed by atoms with Gasteiger partial charge in [0.2, 0.25) is 0 Å². The molecule has 1 aliphatic heterocycles. The van der Waals surface area contributed by atoms with Crippen LogP contribution in [0.5, 0.6) is 0 Å². The molecular weight excluding hydrogens is 309 g/mol. The zero-order valence-electron chi connectivity index (χ0n) is 13.4. The highest BCUT2D eigenvalue weighted by molar-refractivity contribution is 4.93. The Kier molecular flexibility index (Phi) is 6.43. The van der Waals surface area contributed by atoms with Crippen molar-refractivity contribution in [1.82, 2.24) is 19.8 Å². The van der Waals surface area contributed by atoms with E-state index in [0.29, 0.717) is 24.8 Å². The van der Waals surface area contributed by atoms with E-state index in [4.69, 9.17) is 0 Å². The summed E-state index contributed by atoms with van der Waals surface area (Å²) in [5, 5.41) is 12.6. The van der Waals surface area contributed by atoms with Gasteiger partial charge in [-0.2, -0.15) is 13.2 Å². The highest BCUT2D eigenvalue weighted by Crippen LogP contribution is 2.19. The summed E-state index contributed by atoms with van der Waals surface area (Å²) in [5.41, 5.74) is 0. The molecule has 1 aromatic rings. The van der Waals surface area contributed by atoms with Gasteiger partial charge in [0.1, 0.15) is 12.4 Å². The largest absolute Gasteiger partial charge is 0.406 e. The molecule has 23 heavy (non-hydrogen) atoms. The van der Waals surface area contributed by atoms with Crippen molar-refractivity contribution in [2.75, 3.05) is 26.2 Å². The molecule has 132 valence electrons. The monoisotopic (exact) mass is 334 g/mol. The van der Waals surface area contributed by atoms with Gasteiger partial charge in [-0.25, -0.2) is 4.98 Å². The first-order valence-corrected chi connectivity index (χ1v) is 8.01. The minimum atomic E-state index is -4.23. The van der Waals surface area contributed by atoms with Gasteiger partial charge in [0.25, 0.3) is 0 Å². The number of halogens is 3. The molecule has 1 aromatic heterocycles. The number of piperidine rings is 1. The van der Waals surface area contributed by atoms with Crippen molar-refractivity contribution in [3.8, 4) is 0 Å². The van der Waals surface area contributed by atoms with Crippen LogP contribution in [-0.2, 0) is 13.1 Å². The molecule has 1 unspecified atom stereocenters. The number of aliphatic hydroxyl groups excluding tert-OH is 1. The average Bonchev–Trinajstić information content (AvgIpc) is 2.85. The molecule has 0 amide bonds. The maximum Gasteiger partial charge on any atom is 0.406 e. The Labute approximate surface area is 134 Å². The lowest BCUT2D eigenvalue weighted by Crippen LogP contribution is -2.40. The van der Waals surface area contributed by atoms with Crippen molar-refractivity contribution in [1.29, 1.82) is 0 Å². The van der Waals surface area contributed by atoms with Crippen molar-refractivity contribution in [2.24, 2.45) is 5.92 Å². The summed E-state index contributed by atoms with van der Waals surface area (Å²) < 4.78 is 38.5. The predicted octanol–water partition coefficient (Wildman–Crippen LogP) is 1.63. The lowest BCUT2D eigenvalue weighted by molar-refractivity contribution is -0.141. The molecule has 0 saturated carbocycles. The number of aliphatic hydroxyl groups is 1. The van der Waals surface area contributed by atoms with Gasteiger partial charge in [0, 0.05) is 18.9 Å².